The first-order valence-electron chi connectivity index (χ1n) is 4.58. The van der Waals surface area contributed by atoms with Gasteiger partial charge in [0.15, 0.2) is 6.10 Å². The Morgan fingerprint density at radius 1 is 1.35 bits per heavy atom. The molecule has 0 aliphatic heterocycles. The fourth-order valence-electron chi connectivity index (χ4n) is 1.16. The van der Waals surface area contributed by atoms with E-state index in [9.17, 15) is 19.8 Å². The van der Waals surface area contributed by atoms with E-state index in [1.54, 1.807) is 0 Å². The Morgan fingerprint density at radius 3 is 2.53 bits per heavy atom. The van der Waals surface area contributed by atoms with Crippen LogP contribution in [0.15, 0.2) is 18.5 Å². The Bertz CT molecular complexity index is 437. The van der Waals surface area contributed by atoms with Crippen LogP contribution in [0.1, 0.15) is 22.0 Å². The smallest absolute Gasteiger partial charge is 0.266 e. The second kappa shape index (κ2) is 5.34. The van der Waals surface area contributed by atoms with Crippen molar-refractivity contribution in [2.24, 2.45) is 11.6 Å². The molecule has 1 rings (SSSR count). The maximum Gasteiger partial charge on any atom is 0.266 e. The van der Waals surface area contributed by atoms with Crippen LogP contribution in [-0.2, 0) is 4.79 Å². The van der Waals surface area contributed by atoms with Gasteiger partial charge in [0.25, 0.3) is 5.91 Å². The summed E-state index contributed by atoms with van der Waals surface area (Å²) in [5.74, 6) is 3.24. The van der Waals surface area contributed by atoms with Crippen molar-refractivity contribution >= 4 is 11.8 Å². The van der Waals surface area contributed by atoms with Gasteiger partial charge < -0.3 is 15.9 Å². The van der Waals surface area contributed by atoms with E-state index in [-0.39, 0.29) is 11.1 Å². The molecular formula is C9H12N4O4. The molecule has 0 fully saturated rings. The molecule has 1 aromatic rings. The van der Waals surface area contributed by atoms with Gasteiger partial charge in [0.2, 0.25) is 5.91 Å². The number of nitrogen functional groups attached to an aromatic ring is 1. The SMILES string of the molecule is NNC(=O)c1cncc(C(O)C(O)C(N)=O)c1. The molecule has 8 heteroatoms. The average Bonchev–Trinajstić information content (AvgIpc) is 2.36. The van der Waals surface area contributed by atoms with E-state index in [1.807, 2.05) is 5.43 Å². The van der Waals surface area contributed by atoms with Gasteiger partial charge in [-0.05, 0) is 6.07 Å². The third-order valence-corrected chi connectivity index (χ3v) is 2.08. The predicted octanol–water partition coefficient (Wildman–Crippen LogP) is -2.44. The van der Waals surface area contributed by atoms with Gasteiger partial charge in [-0.1, -0.05) is 0 Å². The predicted molar refractivity (Wildman–Crippen MR) is 56.1 cm³/mol. The summed E-state index contributed by atoms with van der Waals surface area (Å²) in [5.41, 5.74) is 6.88. The minimum Gasteiger partial charge on any atom is -0.385 e. The van der Waals surface area contributed by atoms with E-state index in [0.29, 0.717) is 0 Å². The molecule has 0 saturated heterocycles. The molecule has 17 heavy (non-hydrogen) atoms. The number of pyridine rings is 1. The highest BCUT2D eigenvalue weighted by Gasteiger charge is 2.24. The van der Waals surface area contributed by atoms with Crippen LogP contribution in [0.4, 0.5) is 0 Å². The third-order valence-electron chi connectivity index (χ3n) is 2.08. The van der Waals surface area contributed by atoms with Crippen molar-refractivity contribution in [1.82, 2.24) is 10.4 Å². The number of aromatic nitrogens is 1. The lowest BCUT2D eigenvalue weighted by atomic mass is 10.0. The van der Waals surface area contributed by atoms with E-state index < -0.39 is 24.0 Å². The quantitative estimate of drug-likeness (QED) is 0.224. The summed E-state index contributed by atoms with van der Waals surface area (Å²) in [6.07, 6.45) is -0.905. The highest BCUT2D eigenvalue weighted by Crippen LogP contribution is 2.16. The molecule has 0 saturated carbocycles. The number of amides is 2. The fraction of sp³-hybridized carbons (Fsp3) is 0.222. The summed E-state index contributed by atoms with van der Waals surface area (Å²) in [5, 5.41) is 18.8. The highest BCUT2D eigenvalue weighted by molar-refractivity contribution is 5.93. The van der Waals surface area contributed by atoms with Crippen LogP contribution in [0.25, 0.3) is 0 Å². The second-order valence-corrected chi connectivity index (χ2v) is 3.27. The Hall–Kier alpha value is -2.03. The van der Waals surface area contributed by atoms with Crippen molar-refractivity contribution in [2.45, 2.75) is 12.2 Å². The van der Waals surface area contributed by atoms with Crippen LogP contribution in [0, 0.1) is 0 Å². The second-order valence-electron chi connectivity index (χ2n) is 3.27. The number of hydrazine groups is 1. The maximum absolute atomic E-state index is 11.2. The number of hydrogen-bond acceptors (Lipinski definition) is 6. The van der Waals surface area contributed by atoms with E-state index in [1.165, 1.54) is 18.5 Å². The summed E-state index contributed by atoms with van der Waals surface area (Å²) in [4.78, 5) is 25.5. The number of hydrogen-bond donors (Lipinski definition) is 5. The van der Waals surface area contributed by atoms with Crippen LogP contribution >= 0.6 is 0 Å². The molecule has 8 nitrogen and oxygen atoms in total. The summed E-state index contributed by atoms with van der Waals surface area (Å²) in [6.45, 7) is 0. The van der Waals surface area contributed by atoms with Crippen LogP contribution in [0.5, 0.6) is 0 Å². The molecule has 2 unspecified atom stereocenters. The molecule has 1 heterocycles. The number of carbonyl (C=O) groups excluding carboxylic acids is 2. The summed E-state index contributed by atoms with van der Waals surface area (Å²) < 4.78 is 0. The molecule has 2 amide bonds. The molecule has 0 aliphatic rings. The Morgan fingerprint density at radius 2 is 2.00 bits per heavy atom. The Balaban J connectivity index is 2.99. The molecule has 0 spiro atoms. The molecule has 7 N–H and O–H groups in total. The maximum atomic E-state index is 11.2. The molecule has 0 radical (unpaired) electrons. The first kappa shape index (κ1) is 13.0. The number of nitrogens with one attached hydrogen (secondary N) is 1. The fourth-order valence-corrected chi connectivity index (χ4v) is 1.16. The molecule has 0 aromatic carbocycles. The van der Waals surface area contributed by atoms with Crippen LogP contribution in [0.3, 0.4) is 0 Å². The van der Waals surface area contributed by atoms with Crippen molar-refractivity contribution in [1.29, 1.82) is 0 Å². The molecule has 0 bridgehead atoms. The topological polar surface area (TPSA) is 152 Å². The number of nitrogens with two attached hydrogens (primary N) is 2. The van der Waals surface area contributed by atoms with Gasteiger partial charge in [-0.3, -0.25) is 20.0 Å². The van der Waals surface area contributed by atoms with Crippen molar-refractivity contribution in [3.05, 3.63) is 29.6 Å². The summed E-state index contributed by atoms with van der Waals surface area (Å²) >= 11 is 0. The van der Waals surface area contributed by atoms with Gasteiger partial charge in [-0.15, -0.1) is 0 Å². The third kappa shape index (κ3) is 2.97. The number of primary amides is 1. The number of aliphatic hydroxyl groups excluding tert-OH is 2. The molecule has 2 atom stereocenters. The molecule has 92 valence electrons. The zero-order chi connectivity index (χ0) is 13.0. The monoisotopic (exact) mass is 240 g/mol. The van der Waals surface area contributed by atoms with E-state index >= 15 is 0 Å². The lowest BCUT2D eigenvalue weighted by Gasteiger charge is -2.15. The first-order chi connectivity index (χ1) is 7.97. The number of nitrogens with zero attached hydrogens (tertiary/aromatic N) is 1. The van der Waals surface area contributed by atoms with Gasteiger partial charge in [0, 0.05) is 18.0 Å². The zero-order valence-electron chi connectivity index (χ0n) is 8.70. The normalized spacial score (nSPS) is 13.8. The first-order valence-corrected chi connectivity index (χ1v) is 4.58. The van der Waals surface area contributed by atoms with Crippen molar-refractivity contribution in [3.8, 4) is 0 Å². The Labute approximate surface area is 96.2 Å². The summed E-state index contributed by atoms with van der Waals surface area (Å²) in [6, 6.07) is 1.24. The van der Waals surface area contributed by atoms with Crippen LogP contribution < -0.4 is 17.0 Å². The van der Waals surface area contributed by atoms with E-state index in [4.69, 9.17) is 11.6 Å². The molecular weight excluding hydrogens is 228 g/mol. The highest BCUT2D eigenvalue weighted by atomic mass is 16.3. The minimum atomic E-state index is -1.77. The summed E-state index contributed by atoms with van der Waals surface area (Å²) in [7, 11) is 0. The minimum absolute atomic E-state index is 0.0809. The van der Waals surface area contributed by atoms with E-state index in [2.05, 4.69) is 4.98 Å². The molecule has 0 aliphatic carbocycles. The van der Waals surface area contributed by atoms with Gasteiger partial charge >= 0.3 is 0 Å². The lowest BCUT2D eigenvalue weighted by Crippen LogP contribution is -2.34. The number of carbonyl (C=O) groups is 2. The molecule has 1 aromatic heterocycles. The zero-order valence-corrected chi connectivity index (χ0v) is 8.70. The van der Waals surface area contributed by atoms with Gasteiger partial charge in [0.1, 0.15) is 6.10 Å². The van der Waals surface area contributed by atoms with Crippen LogP contribution in [0.2, 0.25) is 0 Å². The largest absolute Gasteiger partial charge is 0.385 e. The standard InChI is InChI=1S/C9H12N4O4/c10-8(16)7(15)6(14)4-1-5(3-12-2-4)9(17)13-11/h1-3,6-7,14-15H,11H2,(H2,10,16)(H,13,17). The number of rotatable bonds is 4. The van der Waals surface area contributed by atoms with Crippen molar-refractivity contribution in [3.63, 3.8) is 0 Å². The lowest BCUT2D eigenvalue weighted by molar-refractivity contribution is -0.131. The van der Waals surface area contributed by atoms with Crippen LogP contribution in [-0.4, -0.2) is 33.1 Å². The van der Waals surface area contributed by atoms with Gasteiger partial charge in [-0.25, -0.2) is 5.84 Å². The van der Waals surface area contributed by atoms with Gasteiger partial charge in [0.05, 0.1) is 5.56 Å². The van der Waals surface area contributed by atoms with Crippen molar-refractivity contribution in [2.75, 3.05) is 0 Å². The van der Waals surface area contributed by atoms with Gasteiger partial charge in [-0.2, -0.15) is 0 Å². The van der Waals surface area contributed by atoms with E-state index in [0.717, 1.165) is 0 Å². The van der Waals surface area contributed by atoms with Crippen molar-refractivity contribution < 1.29 is 19.8 Å². The Kier molecular flexibility index (Phi) is 4.10. The average molecular weight is 240 g/mol. The number of aliphatic hydroxyl groups is 2.